The van der Waals surface area contributed by atoms with Crippen LogP contribution in [0.25, 0.3) is 0 Å². The molecule has 0 aliphatic heterocycles. The third-order valence-corrected chi connectivity index (χ3v) is 2.93. The Labute approximate surface area is 114 Å². The third kappa shape index (κ3) is 4.28. The van der Waals surface area contributed by atoms with Crippen molar-refractivity contribution in [1.82, 2.24) is 5.32 Å². The van der Waals surface area contributed by atoms with Crippen molar-refractivity contribution in [1.29, 1.82) is 0 Å². The zero-order chi connectivity index (χ0) is 13.0. The van der Waals surface area contributed by atoms with Gasteiger partial charge in [0, 0.05) is 10.9 Å². The van der Waals surface area contributed by atoms with Crippen LogP contribution in [0.4, 0.5) is 4.39 Å². The van der Waals surface area contributed by atoms with Crippen LogP contribution in [0.2, 0.25) is 5.02 Å². The van der Waals surface area contributed by atoms with Gasteiger partial charge in [0.15, 0.2) is 0 Å². The summed E-state index contributed by atoms with van der Waals surface area (Å²) in [6.45, 7) is 3.85. The van der Waals surface area contributed by atoms with Gasteiger partial charge in [-0.2, -0.15) is 0 Å². The van der Waals surface area contributed by atoms with Crippen LogP contribution in [0.1, 0.15) is 30.6 Å². The van der Waals surface area contributed by atoms with Crippen molar-refractivity contribution >= 4 is 33.4 Å². The predicted octanol–water partition coefficient (Wildman–Crippen LogP) is 3.77. The fourth-order valence-corrected chi connectivity index (χ4v) is 2.37. The van der Waals surface area contributed by atoms with E-state index in [1.807, 2.05) is 13.8 Å². The number of benzene rings is 1. The second-order valence-electron chi connectivity index (χ2n) is 3.99. The number of halogens is 3. The lowest BCUT2D eigenvalue weighted by Gasteiger charge is -2.15. The van der Waals surface area contributed by atoms with Gasteiger partial charge in [-0.05, 0) is 25.5 Å². The first-order valence-corrected chi connectivity index (χ1v) is 6.60. The highest BCUT2D eigenvalue weighted by atomic mass is 79.9. The van der Waals surface area contributed by atoms with E-state index in [2.05, 4.69) is 21.2 Å². The van der Waals surface area contributed by atoms with Crippen molar-refractivity contribution in [2.45, 2.75) is 31.1 Å². The first-order valence-electron chi connectivity index (χ1n) is 5.30. The number of carbonyl (C=O) groups is 1. The number of carbonyl (C=O) groups excluding carboxylic acids is 1. The highest BCUT2D eigenvalue weighted by Crippen LogP contribution is 2.19. The molecule has 0 fully saturated rings. The van der Waals surface area contributed by atoms with Crippen LogP contribution in [0.5, 0.6) is 0 Å². The Morgan fingerprint density at radius 1 is 1.53 bits per heavy atom. The molecule has 94 valence electrons. The molecule has 5 heteroatoms. The molecule has 1 aromatic carbocycles. The highest BCUT2D eigenvalue weighted by Gasteiger charge is 2.17. The number of amides is 1. The number of hydrogen-bond acceptors (Lipinski definition) is 1. The van der Waals surface area contributed by atoms with Crippen molar-refractivity contribution in [3.8, 4) is 0 Å². The van der Waals surface area contributed by atoms with Crippen LogP contribution < -0.4 is 5.32 Å². The summed E-state index contributed by atoms with van der Waals surface area (Å²) in [5.41, 5.74) is -0.0942. The molecule has 0 aliphatic carbocycles. The first-order chi connectivity index (χ1) is 7.91. The highest BCUT2D eigenvalue weighted by molar-refractivity contribution is 9.09. The molecule has 17 heavy (non-hydrogen) atoms. The fourth-order valence-electron chi connectivity index (χ4n) is 1.56. The summed E-state index contributed by atoms with van der Waals surface area (Å²) in [6.07, 6.45) is 0.762. The topological polar surface area (TPSA) is 29.1 Å². The molecule has 0 heterocycles. The minimum atomic E-state index is -0.603. The van der Waals surface area contributed by atoms with Gasteiger partial charge in [0.2, 0.25) is 0 Å². The van der Waals surface area contributed by atoms with Crippen LogP contribution in [-0.4, -0.2) is 16.8 Å². The van der Waals surface area contributed by atoms with E-state index >= 15 is 0 Å². The van der Waals surface area contributed by atoms with E-state index < -0.39 is 11.7 Å². The molecule has 1 rings (SSSR count). The fraction of sp³-hybridized carbons (Fsp3) is 0.417. The molecule has 2 unspecified atom stereocenters. The number of hydrogen-bond donors (Lipinski definition) is 1. The molecule has 0 radical (unpaired) electrons. The van der Waals surface area contributed by atoms with E-state index in [4.69, 9.17) is 11.6 Å². The molecule has 1 aromatic rings. The van der Waals surface area contributed by atoms with Gasteiger partial charge in [-0.25, -0.2) is 4.39 Å². The maximum atomic E-state index is 13.5. The maximum Gasteiger partial charge on any atom is 0.255 e. The molecule has 0 saturated heterocycles. The van der Waals surface area contributed by atoms with E-state index in [0.29, 0.717) is 0 Å². The number of rotatable bonds is 4. The largest absolute Gasteiger partial charge is 0.349 e. The van der Waals surface area contributed by atoms with Crippen molar-refractivity contribution < 1.29 is 9.18 Å². The van der Waals surface area contributed by atoms with E-state index in [0.717, 1.165) is 6.42 Å². The summed E-state index contributed by atoms with van der Waals surface area (Å²) in [7, 11) is 0. The Balaban J connectivity index is 2.77. The van der Waals surface area contributed by atoms with E-state index in [-0.39, 0.29) is 21.5 Å². The quantitative estimate of drug-likeness (QED) is 0.840. The minimum Gasteiger partial charge on any atom is -0.349 e. The summed E-state index contributed by atoms with van der Waals surface area (Å²) >= 11 is 9.20. The Morgan fingerprint density at radius 3 is 2.71 bits per heavy atom. The summed E-state index contributed by atoms with van der Waals surface area (Å²) in [6, 6.07) is 4.14. The van der Waals surface area contributed by atoms with Gasteiger partial charge < -0.3 is 5.32 Å². The van der Waals surface area contributed by atoms with Crippen molar-refractivity contribution in [3.05, 3.63) is 34.6 Å². The minimum absolute atomic E-state index is 0.0486. The average Bonchev–Trinajstić information content (AvgIpc) is 2.15. The summed E-state index contributed by atoms with van der Waals surface area (Å²) < 4.78 is 13.5. The summed E-state index contributed by atoms with van der Waals surface area (Å²) in [4.78, 5) is 12.1. The van der Waals surface area contributed by atoms with Gasteiger partial charge in [0.05, 0.1) is 10.6 Å². The Kier molecular flexibility index (Phi) is 5.40. The van der Waals surface area contributed by atoms with Crippen LogP contribution >= 0.6 is 27.5 Å². The maximum absolute atomic E-state index is 13.5. The zero-order valence-electron chi connectivity index (χ0n) is 9.64. The predicted molar refractivity (Wildman–Crippen MR) is 71.3 cm³/mol. The smallest absolute Gasteiger partial charge is 0.255 e. The molecular formula is C12H14BrClFNO. The second-order valence-corrected chi connectivity index (χ2v) is 5.96. The Morgan fingerprint density at radius 2 is 2.18 bits per heavy atom. The van der Waals surface area contributed by atoms with E-state index in [9.17, 15) is 9.18 Å². The van der Waals surface area contributed by atoms with E-state index in [1.54, 1.807) is 0 Å². The monoisotopic (exact) mass is 321 g/mol. The Bertz CT molecular complexity index is 391. The second kappa shape index (κ2) is 6.36. The summed E-state index contributed by atoms with van der Waals surface area (Å²) in [5, 5.41) is 2.84. The molecule has 1 N–H and O–H groups in total. The van der Waals surface area contributed by atoms with E-state index in [1.165, 1.54) is 18.2 Å². The van der Waals surface area contributed by atoms with Crippen molar-refractivity contribution in [2.24, 2.45) is 0 Å². The lowest BCUT2D eigenvalue weighted by atomic mass is 10.1. The first kappa shape index (κ1) is 14.5. The van der Waals surface area contributed by atoms with Crippen LogP contribution in [0.15, 0.2) is 18.2 Å². The Hall–Kier alpha value is -0.610. The number of alkyl halides is 1. The van der Waals surface area contributed by atoms with Crippen LogP contribution in [0, 0.1) is 5.82 Å². The van der Waals surface area contributed by atoms with Crippen LogP contribution in [0.3, 0.4) is 0 Å². The molecule has 0 saturated carbocycles. The van der Waals surface area contributed by atoms with Crippen LogP contribution in [-0.2, 0) is 0 Å². The zero-order valence-corrected chi connectivity index (χ0v) is 12.0. The van der Waals surface area contributed by atoms with Gasteiger partial charge in [-0.1, -0.05) is 40.5 Å². The molecular weight excluding hydrogens is 308 g/mol. The van der Waals surface area contributed by atoms with Gasteiger partial charge >= 0.3 is 0 Å². The standard InChI is InChI=1S/C12H14BrClFNO/c1-7(13)6-8(2)16-12(17)11-9(14)4-3-5-10(11)15/h3-5,7-8H,6H2,1-2H3,(H,16,17). The molecule has 0 aromatic heterocycles. The lowest BCUT2D eigenvalue weighted by Crippen LogP contribution is -2.34. The number of nitrogens with one attached hydrogen (secondary N) is 1. The average molecular weight is 323 g/mol. The normalized spacial score (nSPS) is 14.2. The molecule has 0 spiro atoms. The molecule has 0 aliphatic rings. The van der Waals surface area contributed by atoms with Gasteiger partial charge in [0.1, 0.15) is 5.82 Å². The molecule has 2 nitrogen and oxygen atoms in total. The lowest BCUT2D eigenvalue weighted by molar-refractivity contribution is 0.0935. The van der Waals surface area contributed by atoms with Gasteiger partial charge in [-0.3, -0.25) is 4.79 Å². The molecule has 1 amide bonds. The van der Waals surface area contributed by atoms with Crippen molar-refractivity contribution in [3.63, 3.8) is 0 Å². The van der Waals surface area contributed by atoms with Gasteiger partial charge in [0.25, 0.3) is 5.91 Å². The summed E-state index contributed by atoms with van der Waals surface area (Å²) in [5.74, 6) is -1.08. The third-order valence-electron chi connectivity index (χ3n) is 2.25. The molecule has 0 bridgehead atoms. The molecule has 2 atom stereocenters. The van der Waals surface area contributed by atoms with Gasteiger partial charge in [-0.15, -0.1) is 0 Å². The van der Waals surface area contributed by atoms with Crippen molar-refractivity contribution in [2.75, 3.05) is 0 Å². The SMILES string of the molecule is CC(Br)CC(C)NC(=O)c1c(F)cccc1Cl.